The van der Waals surface area contributed by atoms with Gasteiger partial charge in [-0.05, 0) is 30.7 Å². The largest absolute Gasteiger partial charge is 0.481 e. The van der Waals surface area contributed by atoms with Crippen molar-refractivity contribution in [3.8, 4) is 0 Å². The summed E-state index contributed by atoms with van der Waals surface area (Å²) in [6.45, 7) is 4.09. The topological polar surface area (TPSA) is 84.2 Å². The first-order chi connectivity index (χ1) is 11.9. The lowest BCUT2D eigenvalue weighted by Crippen LogP contribution is -2.38. The number of hydrogen-bond acceptors (Lipinski definition) is 3. The van der Waals surface area contributed by atoms with Gasteiger partial charge < -0.3 is 10.4 Å². The molecule has 0 radical (unpaired) electrons. The number of carbonyl (C=O) groups excluding carboxylic acids is 1. The molecule has 0 saturated heterocycles. The van der Waals surface area contributed by atoms with Crippen LogP contribution in [0.5, 0.6) is 0 Å². The van der Waals surface area contributed by atoms with Crippen molar-refractivity contribution < 1.29 is 14.7 Å². The Bertz CT molecular complexity index is 589. The average Bonchev–Trinajstić information content (AvgIpc) is 2.96. The van der Waals surface area contributed by atoms with Crippen molar-refractivity contribution in [3.05, 3.63) is 17.5 Å². The van der Waals surface area contributed by atoms with Gasteiger partial charge in [-0.3, -0.25) is 14.3 Å². The van der Waals surface area contributed by atoms with E-state index in [4.69, 9.17) is 5.11 Å². The number of rotatable bonds is 8. The highest BCUT2D eigenvalue weighted by Gasteiger charge is 2.23. The maximum Gasteiger partial charge on any atom is 0.303 e. The molecule has 1 amide bonds. The molecule has 0 spiro atoms. The molecule has 6 heteroatoms. The van der Waals surface area contributed by atoms with Crippen molar-refractivity contribution in [2.24, 2.45) is 13.0 Å². The quantitative estimate of drug-likeness (QED) is 0.752. The van der Waals surface area contributed by atoms with Gasteiger partial charge in [-0.2, -0.15) is 5.10 Å². The van der Waals surface area contributed by atoms with Gasteiger partial charge in [0.15, 0.2) is 0 Å². The third-order valence-corrected chi connectivity index (χ3v) is 5.11. The molecule has 1 atom stereocenters. The van der Waals surface area contributed by atoms with E-state index in [-0.39, 0.29) is 24.3 Å². The number of aliphatic carboxylic acids is 1. The smallest absolute Gasteiger partial charge is 0.303 e. The number of carboxylic acid groups (broad SMARTS) is 1. The monoisotopic (exact) mass is 349 g/mol. The van der Waals surface area contributed by atoms with E-state index in [0.717, 1.165) is 12.1 Å². The van der Waals surface area contributed by atoms with Crippen LogP contribution in [0.15, 0.2) is 6.07 Å². The normalized spacial score (nSPS) is 16.8. The number of amides is 1. The second-order valence-electron chi connectivity index (χ2n) is 7.58. The second-order valence-corrected chi connectivity index (χ2v) is 7.58. The number of hydrogen-bond donors (Lipinski definition) is 2. The van der Waals surface area contributed by atoms with E-state index in [1.165, 1.54) is 32.1 Å². The van der Waals surface area contributed by atoms with Crippen LogP contribution in [0, 0.1) is 5.92 Å². The molecule has 140 valence electrons. The van der Waals surface area contributed by atoms with Gasteiger partial charge in [0.05, 0.1) is 5.69 Å². The summed E-state index contributed by atoms with van der Waals surface area (Å²) in [4.78, 5) is 23.6. The number of aromatic nitrogens is 2. The molecule has 0 bridgehead atoms. The van der Waals surface area contributed by atoms with Crippen molar-refractivity contribution in [2.75, 3.05) is 0 Å². The molecule has 1 aliphatic carbocycles. The lowest BCUT2D eigenvalue weighted by atomic mass is 9.84. The van der Waals surface area contributed by atoms with Crippen LogP contribution in [-0.2, 0) is 11.8 Å². The minimum absolute atomic E-state index is 0.0836. The Morgan fingerprint density at radius 3 is 2.56 bits per heavy atom. The fraction of sp³-hybridized carbons (Fsp3) is 0.737. The summed E-state index contributed by atoms with van der Waals surface area (Å²) in [7, 11) is 1.77. The van der Waals surface area contributed by atoms with Crippen LogP contribution in [0.3, 0.4) is 0 Å². The molecule has 1 aromatic heterocycles. The van der Waals surface area contributed by atoms with E-state index in [1.54, 1.807) is 11.7 Å². The Morgan fingerprint density at radius 2 is 2.00 bits per heavy atom. The number of nitrogens with zero attached hydrogens (tertiary/aromatic N) is 2. The van der Waals surface area contributed by atoms with Crippen molar-refractivity contribution >= 4 is 11.9 Å². The maximum absolute atomic E-state index is 12.7. The van der Waals surface area contributed by atoms with Crippen molar-refractivity contribution in [2.45, 2.75) is 77.2 Å². The van der Waals surface area contributed by atoms with Crippen LogP contribution in [0.2, 0.25) is 0 Å². The lowest BCUT2D eigenvalue weighted by molar-refractivity contribution is -0.137. The first kappa shape index (κ1) is 19.5. The van der Waals surface area contributed by atoms with Gasteiger partial charge in [-0.15, -0.1) is 0 Å². The summed E-state index contributed by atoms with van der Waals surface area (Å²) < 4.78 is 1.61. The molecule has 2 N–H and O–H groups in total. The van der Waals surface area contributed by atoms with Crippen LogP contribution >= 0.6 is 0 Å². The highest BCUT2D eigenvalue weighted by Crippen LogP contribution is 2.28. The molecule has 2 rings (SSSR count). The maximum atomic E-state index is 12.7. The molecule has 1 aliphatic rings. The molecule has 6 nitrogen and oxygen atoms in total. The van der Waals surface area contributed by atoms with Crippen molar-refractivity contribution in [1.29, 1.82) is 0 Å². The highest BCUT2D eigenvalue weighted by atomic mass is 16.4. The predicted molar refractivity (Wildman–Crippen MR) is 96.6 cm³/mol. The molecule has 1 unspecified atom stereocenters. The number of aryl methyl sites for hydroxylation is 1. The van der Waals surface area contributed by atoms with E-state index < -0.39 is 5.97 Å². The average molecular weight is 349 g/mol. The Kier molecular flexibility index (Phi) is 7.02. The molecule has 1 aromatic rings. The Hall–Kier alpha value is -1.85. The minimum atomic E-state index is -0.814. The summed E-state index contributed by atoms with van der Waals surface area (Å²) in [5.41, 5.74) is 1.43. The van der Waals surface area contributed by atoms with Crippen LogP contribution in [0.1, 0.15) is 87.3 Å². The van der Waals surface area contributed by atoms with Gasteiger partial charge in [-0.25, -0.2) is 0 Å². The zero-order valence-electron chi connectivity index (χ0n) is 15.6. The summed E-state index contributed by atoms with van der Waals surface area (Å²) in [6.07, 6.45) is 7.56. The predicted octanol–water partition coefficient (Wildman–Crippen LogP) is 3.48. The first-order valence-corrected chi connectivity index (χ1v) is 9.43. The molecule has 0 aliphatic heterocycles. The molecule has 1 saturated carbocycles. The van der Waals surface area contributed by atoms with Gasteiger partial charge in [0, 0.05) is 19.5 Å². The highest BCUT2D eigenvalue weighted by molar-refractivity contribution is 5.92. The zero-order valence-corrected chi connectivity index (χ0v) is 15.6. The van der Waals surface area contributed by atoms with Crippen LogP contribution in [0.4, 0.5) is 0 Å². The van der Waals surface area contributed by atoms with E-state index in [9.17, 15) is 9.59 Å². The van der Waals surface area contributed by atoms with Crippen LogP contribution in [0.25, 0.3) is 0 Å². The third-order valence-electron chi connectivity index (χ3n) is 5.11. The zero-order chi connectivity index (χ0) is 18.4. The Labute approximate surface area is 150 Å². The fourth-order valence-electron chi connectivity index (χ4n) is 3.62. The van der Waals surface area contributed by atoms with E-state index in [1.807, 2.05) is 19.9 Å². The third kappa shape index (κ3) is 5.87. The standard InChI is InChI=1S/C19H31N3O3/c1-13(2)16-12-17(22(3)21-16)19(25)20-15(9-10-18(23)24)11-14-7-5-4-6-8-14/h12-15H,4-11H2,1-3H3,(H,20,25)(H,23,24). The molecule has 0 aromatic carbocycles. The Morgan fingerprint density at radius 1 is 1.32 bits per heavy atom. The fourth-order valence-corrected chi connectivity index (χ4v) is 3.62. The summed E-state index contributed by atoms with van der Waals surface area (Å²) in [5.74, 6) is -0.123. The summed E-state index contributed by atoms with van der Waals surface area (Å²) in [5, 5.41) is 16.5. The molecule has 25 heavy (non-hydrogen) atoms. The minimum Gasteiger partial charge on any atom is -0.481 e. The van der Waals surface area contributed by atoms with E-state index in [2.05, 4.69) is 10.4 Å². The van der Waals surface area contributed by atoms with Gasteiger partial charge in [0.25, 0.3) is 5.91 Å². The first-order valence-electron chi connectivity index (χ1n) is 9.43. The van der Waals surface area contributed by atoms with Crippen molar-refractivity contribution in [3.63, 3.8) is 0 Å². The lowest BCUT2D eigenvalue weighted by Gasteiger charge is -2.27. The van der Waals surface area contributed by atoms with E-state index >= 15 is 0 Å². The molecule has 1 fully saturated rings. The Balaban J connectivity index is 2.03. The molecule has 1 heterocycles. The second kappa shape index (κ2) is 9.02. The SMILES string of the molecule is CC(C)c1cc(C(=O)NC(CCC(=O)O)CC2CCCCC2)n(C)n1. The summed E-state index contributed by atoms with van der Waals surface area (Å²) in [6, 6.07) is 1.73. The molecular weight excluding hydrogens is 318 g/mol. The number of carbonyl (C=O) groups is 2. The summed E-state index contributed by atoms with van der Waals surface area (Å²) >= 11 is 0. The van der Waals surface area contributed by atoms with Gasteiger partial charge >= 0.3 is 5.97 Å². The van der Waals surface area contributed by atoms with Crippen molar-refractivity contribution in [1.82, 2.24) is 15.1 Å². The molecular formula is C19H31N3O3. The van der Waals surface area contributed by atoms with E-state index in [0.29, 0.717) is 18.0 Å². The number of carboxylic acids is 1. The van der Waals surface area contributed by atoms with Gasteiger partial charge in [0.1, 0.15) is 5.69 Å². The van der Waals surface area contributed by atoms with Crippen LogP contribution in [-0.4, -0.2) is 32.8 Å². The van der Waals surface area contributed by atoms with Crippen LogP contribution < -0.4 is 5.32 Å². The van der Waals surface area contributed by atoms with Gasteiger partial charge in [0.2, 0.25) is 0 Å². The van der Waals surface area contributed by atoms with Gasteiger partial charge in [-0.1, -0.05) is 46.0 Å². The number of nitrogens with one attached hydrogen (secondary N) is 1.